The van der Waals surface area contributed by atoms with Crippen molar-refractivity contribution >= 4 is 19.7 Å². The van der Waals surface area contributed by atoms with Gasteiger partial charge in [0.05, 0.1) is 13.2 Å². The van der Waals surface area contributed by atoms with Crippen molar-refractivity contribution in [2.24, 2.45) is 0 Å². The van der Waals surface area contributed by atoms with E-state index in [-0.39, 0.29) is 32.1 Å². The quantitative estimate of drug-likeness (QED) is 0.0242. The van der Waals surface area contributed by atoms with Gasteiger partial charge in [-0.05, 0) is 89.9 Å². The summed E-state index contributed by atoms with van der Waals surface area (Å²) < 4.78 is 26.8. The van der Waals surface area contributed by atoms with Gasteiger partial charge < -0.3 is 20.1 Å². The summed E-state index contributed by atoms with van der Waals surface area (Å²) in [5.41, 5.74) is 0. The molecule has 10 heteroatoms. The van der Waals surface area contributed by atoms with Gasteiger partial charge in [0.1, 0.15) is 12.7 Å². The summed E-state index contributed by atoms with van der Waals surface area (Å²) in [6.07, 6.45) is 57.4. The monoisotopic (exact) mass is 828 g/mol. The molecule has 0 rings (SSSR count). The molecule has 9 nitrogen and oxygen atoms in total. The van der Waals surface area contributed by atoms with Gasteiger partial charge in [0.25, 0.3) is 0 Å². The van der Waals surface area contributed by atoms with E-state index in [2.05, 4.69) is 129 Å². The van der Waals surface area contributed by atoms with Crippen LogP contribution >= 0.6 is 7.82 Å². The average molecular weight is 828 g/mol. The zero-order valence-corrected chi connectivity index (χ0v) is 36.8. The van der Waals surface area contributed by atoms with Crippen LogP contribution in [0, 0.1) is 0 Å². The van der Waals surface area contributed by atoms with E-state index in [0.29, 0.717) is 19.3 Å². The predicted octanol–water partition coefficient (Wildman–Crippen LogP) is 12.4. The minimum Gasteiger partial charge on any atom is -0.463 e. The minimum atomic E-state index is -4.44. The fourth-order valence-electron chi connectivity index (χ4n) is 5.15. The van der Waals surface area contributed by atoms with E-state index in [9.17, 15) is 24.2 Å². The van der Waals surface area contributed by atoms with Gasteiger partial charge in [-0.15, -0.1) is 0 Å². The number of aliphatic hydroxyl groups is 1. The number of carbonyl (C=O) groups excluding carboxylic acids is 2. The summed E-state index contributed by atoms with van der Waals surface area (Å²) >= 11 is 0. The number of allylic oxidation sites excluding steroid dienone is 18. The van der Waals surface area contributed by atoms with Crippen molar-refractivity contribution in [1.82, 2.24) is 5.32 Å². The van der Waals surface area contributed by atoms with E-state index in [1.807, 2.05) is 0 Å². The molecule has 0 aromatic heterocycles. The maximum Gasteiger partial charge on any atom is 0.472 e. The van der Waals surface area contributed by atoms with Crippen molar-refractivity contribution in [3.05, 3.63) is 109 Å². The first-order chi connectivity index (χ1) is 28.3. The Bertz CT molecular complexity index is 1310. The molecule has 0 aliphatic rings. The number of aliphatic hydroxyl groups excluding tert-OH is 1. The van der Waals surface area contributed by atoms with Gasteiger partial charge in [-0.2, -0.15) is 0 Å². The number of ether oxygens (including phenoxy) is 1. The second-order valence-corrected chi connectivity index (χ2v) is 15.4. The smallest absolute Gasteiger partial charge is 0.463 e. The van der Waals surface area contributed by atoms with Gasteiger partial charge in [0.2, 0.25) is 5.91 Å². The van der Waals surface area contributed by atoms with Crippen LogP contribution in [0.3, 0.4) is 0 Å². The molecule has 0 aliphatic carbocycles. The molecule has 1 amide bonds. The first kappa shape index (κ1) is 54.7. The van der Waals surface area contributed by atoms with Crippen LogP contribution in [0.4, 0.5) is 0 Å². The first-order valence-electron chi connectivity index (χ1n) is 21.9. The molecule has 2 atom stereocenters. The molecule has 0 aliphatic heterocycles. The lowest BCUT2D eigenvalue weighted by atomic mass is 10.1. The predicted molar refractivity (Wildman–Crippen MR) is 242 cm³/mol. The van der Waals surface area contributed by atoms with Crippen molar-refractivity contribution in [3.8, 4) is 0 Å². The van der Waals surface area contributed by atoms with E-state index >= 15 is 0 Å². The van der Waals surface area contributed by atoms with Crippen LogP contribution in [0.2, 0.25) is 0 Å². The zero-order valence-electron chi connectivity index (χ0n) is 35.9. The molecule has 0 spiro atoms. The Morgan fingerprint density at radius 3 is 1.52 bits per heavy atom. The van der Waals surface area contributed by atoms with E-state index in [0.717, 1.165) is 96.3 Å². The lowest BCUT2D eigenvalue weighted by Gasteiger charge is -2.15. The normalized spacial score (nSPS) is 14.3. The Kier molecular flexibility index (Phi) is 40.8. The van der Waals surface area contributed by atoms with Gasteiger partial charge in [-0.3, -0.25) is 18.6 Å². The number of hydrogen-bond donors (Lipinski definition) is 3. The third-order valence-electron chi connectivity index (χ3n) is 8.44. The average Bonchev–Trinajstić information content (AvgIpc) is 3.21. The highest BCUT2D eigenvalue weighted by molar-refractivity contribution is 7.47. The zero-order chi connectivity index (χ0) is 42.5. The van der Waals surface area contributed by atoms with Gasteiger partial charge in [-0.25, -0.2) is 4.57 Å². The Hall–Kier alpha value is -3.33. The fraction of sp³-hybridized carbons (Fsp3) is 0.583. The number of amides is 1. The van der Waals surface area contributed by atoms with Crippen molar-refractivity contribution < 1.29 is 37.9 Å². The van der Waals surface area contributed by atoms with Gasteiger partial charge >= 0.3 is 13.8 Å². The van der Waals surface area contributed by atoms with Crippen LogP contribution in [-0.4, -0.2) is 54.3 Å². The molecule has 328 valence electrons. The third-order valence-corrected chi connectivity index (χ3v) is 9.42. The molecule has 0 radical (unpaired) electrons. The van der Waals surface area contributed by atoms with Crippen LogP contribution in [0.1, 0.15) is 149 Å². The molecule has 0 bridgehead atoms. The summed E-state index contributed by atoms with van der Waals surface area (Å²) in [7, 11) is -4.44. The second-order valence-electron chi connectivity index (χ2n) is 13.9. The third kappa shape index (κ3) is 43.8. The number of unbranched alkanes of at least 4 members (excludes halogenated alkanes) is 8. The summed E-state index contributed by atoms with van der Waals surface area (Å²) in [6, 6.07) is 0. The molecule has 0 saturated heterocycles. The minimum absolute atomic E-state index is 0.0412. The number of phosphoric acid groups is 1. The second kappa shape index (κ2) is 43.3. The largest absolute Gasteiger partial charge is 0.472 e. The summed E-state index contributed by atoms with van der Waals surface area (Å²) in [5.74, 6) is -0.602. The van der Waals surface area contributed by atoms with Crippen LogP contribution < -0.4 is 5.32 Å². The van der Waals surface area contributed by atoms with Crippen LogP contribution in [0.15, 0.2) is 109 Å². The summed E-state index contributed by atoms with van der Waals surface area (Å²) in [4.78, 5) is 33.9. The standard InChI is InChI=1S/C48H78NO8P/c1-3-5-7-9-11-13-15-17-19-20-21-22-23-24-25-26-27-28-30-32-34-36-38-40-47(51)49-42-43-56-58(53,54)57-45-46(50)44-55-48(52)41-39-37-35-33-31-29-18-16-14-12-10-8-6-4-2/h5,7,10-13,16-19,21-22,24-25,27-28,32,34,46,50H,3-4,6,8-9,14-15,20,23,26,29-31,33,35-45H2,1-2H3,(H,49,51)(H,53,54)/b7-5-,12-10-,13-11-,18-16-,19-17-,22-21-,25-24-,28-27-,34-32-. The first-order valence-corrected chi connectivity index (χ1v) is 23.4. The molecule has 2 unspecified atom stereocenters. The van der Waals surface area contributed by atoms with Gasteiger partial charge in [0.15, 0.2) is 0 Å². The highest BCUT2D eigenvalue weighted by Crippen LogP contribution is 2.42. The van der Waals surface area contributed by atoms with Gasteiger partial charge in [0, 0.05) is 19.4 Å². The molecule has 0 fully saturated rings. The van der Waals surface area contributed by atoms with Crippen molar-refractivity contribution in [2.45, 2.75) is 155 Å². The van der Waals surface area contributed by atoms with Gasteiger partial charge in [-0.1, -0.05) is 155 Å². The van der Waals surface area contributed by atoms with Crippen LogP contribution in [0.5, 0.6) is 0 Å². The maximum atomic E-state index is 12.1. The molecular weight excluding hydrogens is 750 g/mol. The summed E-state index contributed by atoms with van der Waals surface area (Å²) in [5, 5.41) is 12.6. The number of phosphoric ester groups is 1. The number of hydrogen-bond acceptors (Lipinski definition) is 7. The van der Waals surface area contributed by atoms with Crippen molar-refractivity contribution in [3.63, 3.8) is 0 Å². The molecule has 0 saturated carbocycles. The molecule has 0 aromatic rings. The lowest BCUT2D eigenvalue weighted by molar-refractivity contribution is -0.147. The Balaban J connectivity index is 3.75. The Morgan fingerprint density at radius 1 is 0.552 bits per heavy atom. The SMILES string of the molecule is CC/C=C\C/C=C\C/C=C\C/C=C\C/C=C\C/C=C\C/C=C\CCCC(=O)NCCOP(=O)(O)OCC(O)COC(=O)CCCCCCC/C=C\C/C=C\CCCC. The number of rotatable bonds is 39. The van der Waals surface area contributed by atoms with Crippen LogP contribution in [-0.2, 0) is 27.9 Å². The molecule has 3 N–H and O–H groups in total. The lowest BCUT2D eigenvalue weighted by Crippen LogP contribution is -2.27. The molecule has 0 heterocycles. The van der Waals surface area contributed by atoms with E-state index in [4.69, 9.17) is 13.8 Å². The van der Waals surface area contributed by atoms with E-state index in [1.165, 1.54) is 12.8 Å². The molecular formula is C48H78NO8P. The fourth-order valence-corrected chi connectivity index (χ4v) is 5.91. The maximum absolute atomic E-state index is 12.1. The molecule has 58 heavy (non-hydrogen) atoms. The molecule has 0 aromatic carbocycles. The highest BCUT2D eigenvalue weighted by atomic mass is 31.2. The Morgan fingerprint density at radius 2 is 1.00 bits per heavy atom. The van der Waals surface area contributed by atoms with E-state index in [1.54, 1.807) is 0 Å². The highest BCUT2D eigenvalue weighted by Gasteiger charge is 2.23. The van der Waals surface area contributed by atoms with Crippen molar-refractivity contribution in [1.29, 1.82) is 0 Å². The van der Waals surface area contributed by atoms with Crippen LogP contribution in [0.25, 0.3) is 0 Å². The Labute approximate surface area is 352 Å². The number of esters is 1. The summed E-state index contributed by atoms with van der Waals surface area (Å²) in [6.45, 7) is 3.28. The number of carbonyl (C=O) groups is 2. The van der Waals surface area contributed by atoms with E-state index < -0.39 is 26.5 Å². The van der Waals surface area contributed by atoms with Crippen molar-refractivity contribution in [2.75, 3.05) is 26.4 Å². The number of nitrogens with one attached hydrogen (secondary N) is 1. The topological polar surface area (TPSA) is 131 Å².